The van der Waals surface area contributed by atoms with E-state index in [2.05, 4.69) is 44.3 Å². The van der Waals surface area contributed by atoms with Gasteiger partial charge in [0.15, 0.2) is 5.96 Å². The van der Waals surface area contributed by atoms with E-state index in [1.54, 1.807) is 0 Å². The number of nitrogens with zero attached hydrogens (tertiary/aromatic N) is 4. The summed E-state index contributed by atoms with van der Waals surface area (Å²) in [4.78, 5) is 24.0. The average molecular weight is 379 g/mol. The SMILES string of the molecule is CN=C(NCC(C)N1CCN(C)CC1)NC1CCN(C(=O)C2CCCC2)C1. The van der Waals surface area contributed by atoms with E-state index in [4.69, 9.17) is 0 Å². The highest BCUT2D eigenvalue weighted by Gasteiger charge is 2.32. The number of aliphatic imine (C=N–C) groups is 1. The van der Waals surface area contributed by atoms with Crippen LogP contribution in [0, 0.1) is 5.92 Å². The van der Waals surface area contributed by atoms with E-state index in [0.29, 0.717) is 18.0 Å². The first kappa shape index (κ1) is 20.4. The van der Waals surface area contributed by atoms with Crippen molar-refractivity contribution in [2.75, 3.05) is 59.9 Å². The predicted molar refractivity (Wildman–Crippen MR) is 110 cm³/mol. The largest absolute Gasteiger partial charge is 0.355 e. The van der Waals surface area contributed by atoms with Gasteiger partial charge in [-0.2, -0.15) is 0 Å². The minimum absolute atomic E-state index is 0.283. The Balaban J connectivity index is 1.39. The summed E-state index contributed by atoms with van der Waals surface area (Å²) in [5, 5.41) is 7.01. The van der Waals surface area contributed by atoms with Crippen molar-refractivity contribution in [2.45, 2.75) is 51.1 Å². The van der Waals surface area contributed by atoms with Gasteiger partial charge in [-0.25, -0.2) is 0 Å². The Labute approximate surface area is 164 Å². The van der Waals surface area contributed by atoms with Crippen LogP contribution < -0.4 is 10.6 Å². The maximum Gasteiger partial charge on any atom is 0.225 e. The minimum atomic E-state index is 0.283. The summed E-state index contributed by atoms with van der Waals surface area (Å²) < 4.78 is 0. The second kappa shape index (κ2) is 9.73. The van der Waals surface area contributed by atoms with Crippen LogP contribution in [0.2, 0.25) is 0 Å². The maximum absolute atomic E-state index is 12.6. The summed E-state index contributed by atoms with van der Waals surface area (Å²) in [7, 11) is 4.01. The van der Waals surface area contributed by atoms with Crippen molar-refractivity contribution in [1.82, 2.24) is 25.3 Å². The van der Waals surface area contributed by atoms with Crippen LogP contribution in [0.25, 0.3) is 0 Å². The van der Waals surface area contributed by atoms with Gasteiger partial charge in [-0.3, -0.25) is 14.7 Å². The predicted octanol–water partition coefficient (Wildman–Crippen LogP) is 0.578. The highest BCUT2D eigenvalue weighted by atomic mass is 16.2. The lowest BCUT2D eigenvalue weighted by Crippen LogP contribution is -2.53. The smallest absolute Gasteiger partial charge is 0.225 e. The molecule has 0 radical (unpaired) electrons. The van der Waals surface area contributed by atoms with Crippen LogP contribution >= 0.6 is 0 Å². The van der Waals surface area contributed by atoms with Crippen molar-refractivity contribution in [3.8, 4) is 0 Å². The molecule has 0 spiro atoms. The summed E-state index contributed by atoms with van der Waals surface area (Å²) in [5.74, 6) is 1.52. The first-order valence-corrected chi connectivity index (χ1v) is 10.8. The zero-order valence-corrected chi connectivity index (χ0v) is 17.4. The van der Waals surface area contributed by atoms with Crippen molar-refractivity contribution in [2.24, 2.45) is 10.9 Å². The molecule has 0 aromatic heterocycles. The van der Waals surface area contributed by atoms with Crippen molar-refractivity contribution in [3.05, 3.63) is 0 Å². The summed E-state index contributed by atoms with van der Waals surface area (Å²) in [6, 6.07) is 0.793. The number of likely N-dealkylation sites (N-methyl/N-ethyl adjacent to an activating group) is 1. The molecular formula is C20H38N6O. The molecule has 7 heteroatoms. The second-order valence-corrected chi connectivity index (χ2v) is 8.54. The number of carbonyl (C=O) groups excluding carboxylic acids is 1. The van der Waals surface area contributed by atoms with Crippen molar-refractivity contribution in [1.29, 1.82) is 0 Å². The Morgan fingerprint density at radius 1 is 1.11 bits per heavy atom. The molecular weight excluding hydrogens is 340 g/mol. The number of guanidine groups is 1. The van der Waals surface area contributed by atoms with Crippen LogP contribution in [-0.4, -0.2) is 98.6 Å². The fourth-order valence-electron chi connectivity index (χ4n) is 4.53. The topological polar surface area (TPSA) is 63.2 Å². The Bertz CT molecular complexity index is 511. The van der Waals surface area contributed by atoms with E-state index in [1.165, 1.54) is 12.8 Å². The van der Waals surface area contributed by atoms with Crippen LogP contribution in [0.1, 0.15) is 39.0 Å². The van der Waals surface area contributed by atoms with E-state index in [9.17, 15) is 4.79 Å². The molecule has 0 bridgehead atoms. The Kier molecular flexibility index (Phi) is 7.35. The lowest BCUT2D eigenvalue weighted by molar-refractivity contribution is -0.134. The van der Waals surface area contributed by atoms with Crippen molar-refractivity contribution in [3.63, 3.8) is 0 Å². The van der Waals surface area contributed by atoms with Gasteiger partial charge in [0, 0.05) is 70.9 Å². The first-order chi connectivity index (χ1) is 13.1. The Hall–Kier alpha value is -1.34. The Morgan fingerprint density at radius 2 is 1.81 bits per heavy atom. The van der Waals surface area contributed by atoms with Gasteiger partial charge >= 0.3 is 0 Å². The maximum atomic E-state index is 12.6. The van der Waals surface area contributed by atoms with Crippen LogP contribution in [0.5, 0.6) is 0 Å². The number of hydrogen-bond acceptors (Lipinski definition) is 4. The standard InChI is InChI=1S/C20H38N6O/c1-16(25-12-10-24(3)11-13-25)14-22-20(21-2)23-18-8-9-26(15-18)19(27)17-6-4-5-7-17/h16-18H,4-15H2,1-3H3,(H2,21,22,23). The molecule has 1 amide bonds. The van der Waals surface area contributed by atoms with Gasteiger partial charge in [-0.15, -0.1) is 0 Å². The minimum Gasteiger partial charge on any atom is -0.355 e. The van der Waals surface area contributed by atoms with Crippen LogP contribution in [0.3, 0.4) is 0 Å². The lowest BCUT2D eigenvalue weighted by Gasteiger charge is -2.36. The van der Waals surface area contributed by atoms with Crippen LogP contribution in [-0.2, 0) is 4.79 Å². The zero-order valence-electron chi connectivity index (χ0n) is 17.4. The zero-order chi connectivity index (χ0) is 19.2. The fourth-order valence-corrected chi connectivity index (χ4v) is 4.53. The number of amides is 1. The van der Waals surface area contributed by atoms with Crippen LogP contribution in [0.15, 0.2) is 4.99 Å². The van der Waals surface area contributed by atoms with E-state index in [0.717, 1.165) is 71.0 Å². The van der Waals surface area contributed by atoms with E-state index >= 15 is 0 Å². The van der Waals surface area contributed by atoms with Gasteiger partial charge in [0.2, 0.25) is 5.91 Å². The van der Waals surface area contributed by atoms with Gasteiger partial charge in [-0.1, -0.05) is 12.8 Å². The molecule has 2 atom stereocenters. The monoisotopic (exact) mass is 378 g/mol. The molecule has 154 valence electrons. The molecule has 1 saturated carbocycles. The van der Waals surface area contributed by atoms with E-state index in [1.807, 2.05) is 7.05 Å². The third-order valence-corrected chi connectivity index (χ3v) is 6.49. The molecule has 0 aromatic carbocycles. The van der Waals surface area contributed by atoms with Gasteiger partial charge < -0.3 is 20.4 Å². The quantitative estimate of drug-likeness (QED) is 0.541. The third-order valence-electron chi connectivity index (χ3n) is 6.49. The molecule has 7 nitrogen and oxygen atoms in total. The van der Waals surface area contributed by atoms with Gasteiger partial charge in [0.25, 0.3) is 0 Å². The Morgan fingerprint density at radius 3 is 2.48 bits per heavy atom. The number of carbonyl (C=O) groups is 1. The molecule has 2 heterocycles. The molecule has 27 heavy (non-hydrogen) atoms. The van der Waals surface area contributed by atoms with E-state index < -0.39 is 0 Å². The molecule has 3 fully saturated rings. The normalized spacial score (nSPS) is 27.1. The number of likely N-dealkylation sites (tertiary alicyclic amines) is 1. The lowest BCUT2D eigenvalue weighted by atomic mass is 10.1. The fraction of sp³-hybridized carbons (Fsp3) is 0.900. The van der Waals surface area contributed by atoms with Gasteiger partial charge in [0.05, 0.1) is 0 Å². The molecule has 1 aliphatic carbocycles. The number of rotatable bonds is 5. The third kappa shape index (κ3) is 5.57. The average Bonchev–Trinajstić information content (AvgIpc) is 3.37. The molecule has 2 aliphatic heterocycles. The first-order valence-electron chi connectivity index (χ1n) is 10.8. The van der Waals surface area contributed by atoms with Crippen molar-refractivity contribution >= 4 is 11.9 Å². The van der Waals surface area contributed by atoms with E-state index in [-0.39, 0.29) is 5.92 Å². The number of nitrogens with one attached hydrogen (secondary N) is 2. The molecule has 2 N–H and O–H groups in total. The van der Waals surface area contributed by atoms with Gasteiger partial charge in [-0.05, 0) is 33.2 Å². The highest BCUT2D eigenvalue weighted by Crippen LogP contribution is 2.27. The highest BCUT2D eigenvalue weighted by molar-refractivity contribution is 5.81. The van der Waals surface area contributed by atoms with Gasteiger partial charge in [0.1, 0.15) is 0 Å². The number of piperazine rings is 1. The second-order valence-electron chi connectivity index (χ2n) is 8.54. The summed E-state index contributed by atoms with van der Waals surface area (Å²) in [5.41, 5.74) is 0. The molecule has 3 aliphatic rings. The molecule has 3 rings (SSSR count). The summed E-state index contributed by atoms with van der Waals surface area (Å²) in [6.45, 7) is 9.41. The summed E-state index contributed by atoms with van der Waals surface area (Å²) >= 11 is 0. The molecule has 2 saturated heterocycles. The van der Waals surface area contributed by atoms with Crippen molar-refractivity contribution < 1.29 is 4.79 Å². The van der Waals surface area contributed by atoms with Crippen LogP contribution in [0.4, 0.5) is 0 Å². The summed E-state index contributed by atoms with van der Waals surface area (Å²) in [6.07, 6.45) is 5.61. The molecule has 0 aromatic rings. The molecule has 2 unspecified atom stereocenters. The number of hydrogen-bond donors (Lipinski definition) is 2.